The second-order valence-electron chi connectivity index (χ2n) is 7.92. The molecule has 0 amide bonds. The number of nitrogens with one attached hydrogen (secondary N) is 2. The number of ether oxygens (including phenoxy) is 1. The smallest absolute Gasteiger partial charge is 0.191 e. The largest absolute Gasteiger partial charge is 0.379 e. The van der Waals surface area contributed by atoms with E-state index in [9.17, 15) is 0 Å². The van der Waals surface area contributed by atoms with Gasteiger partial charge >= 0.3 is 0 Å². The highest BCUT2D eigenvalue weighted by Gasteiger charge is 2.40. The van der Waals surface area contributed by atoms with Crippen molar-refractivity contribution in [2.24, 2.45) is 10.9 Å². The van der Waals surface area contributed by atoms with Crippen LogP contribution in [0.1, 0.15) is 46.5 Å². The maximum absolute atomic E-state index is 5.55. The van der Waals surface area contributed by atoms with Crippen molar-refractivity contribution in [3.05, 3.63) is 0 Å². The summed E-state index contributed by atoms with van der Waals surface area (Å²) < 4.78 is 5.55. The molecule has 0 aromatic heterocycles. The van der Waals surface area contributed by atoms with Crippen molar-refractivity contribution in [2.75, 3.05) is 51.4 Å². The van der Waals surface area contributed by atoms with Gasteiger partial charge in [-0.15, -0.1) is 0 Å². The molecule has 0 aromatic rings. The standard InChI is InChI=1S/C19H38N4OS/c1-16(2)6-5-7-17(3)22-18(20-4)21-14-19(8-13-25-15-19)23-9-11-24-12-10-23/h16-17H,5-15H2,1-4H3,(H2,20,21,22). The summed E-state index contributed by atoms with van der Waals surface area (Å²) in [4.78, 5) is 7.09. The number of guanidine groups is 1. The zero-order chi connectivity index (χ0) is 18.1. The minimum absolute atomic E-state index is 0.257. The quantitative estimate of drug-likeness (QED) is 0.508. The van der Waals surface area contributed by atoms with Crippen LogP contribution in [-0.2, 0) is 4.74 Å². The second-order valence-corrected chi connectivity index (χ2v) is 9.03. The van der Waals surface area contributed by atoms with Crippen molar-refractivity contribution in [2.45, 2.75) is 58.0 Å². The van der Waals surface area contributed by atoms with Gasteiger partial charge < -0.3 is 15.4 Å². The lowest BCUT2D eigenvalue weighted by Crippen LogP contribution is -2.60. The maximum Gasteiger partial charge on any atom is 0.191 e. The SMILES string of the molecule is CN=C(NCC1(N2CCOCC2)CCSC1)NC(C)CCCC(C)C. The summed E-state index contributed by atoms with van der Waals surface area (Å²) >= 11 is 2.08. The van der Waals surface area contributed by atoms with E-state index in [1.165, 1.54) is 37.2 Å². The fourth-order valence-corrected chi connectivity index (χ4v) is 5.19. The summed E-state index contributed by atoms with van der Waals surface area (Å²) in [7, 11) is 1.88. The molecule has 2 rings (SSSR count). The highest BCUT2D eigenvalue weighted by atomic mass is 32.2. The van der Waals surface area contributed by atoms with Crippen LogP contribution in [0.15, 0.2) is 4.99 Å². The predicted molar refractivity (Wildman–Crippen MR) is 110 cm³/mol. The number of rotatable bonds is 8. The van der Waals surface area contributed by atoms with Crippen LogP contribution < -0.4 is 10.6 Å². The van der Waals surface area contributed by atoms with E-state index in [1.54, 1.807) is 0 Å². The van der Waals surface area contributed by atoms with Gasteiger partial charge in [0.1, 0.15) is 0 Å². The minimum Gasteiger partial charge on any atom is -0.379 e. The van der Waals surface area contributed by atoms with E-state index < -0.39 is 0 Å². The van der Waals surface area contributed by atoms with Crippen LogP contribution in [0.25, 0.3) is 0 Å². The molecular formula is C19H38N4OS. The molecule has 146 valence electrons. The molecule has 2 N–H and O–H groups in total. The van der Waals surface area contributed by atoms with Gasteiger partial charge in [0.15, 0.2) is 5.96 Å². The molecule has 2 aliphatic heterocycles. The molecule has 2 aliphatic rings. The van der Waals surface area contributed by atoms with Crippen LogP contribution in [0.5, 0.6) is 0 Å². The lowest BCUT2D eigenvalue weighted by Gasteiger charge is -2.43. The van der Waals surface area contributed by atoms with Crippen LogP contribution in [0.4, 0.5) is 0 Å². The van der Waals surface area contributed by atoms with Crippen molar-refractivity contribution < 1.29 is 4.74 Å². The molecule has 6 heteroatoms. The summed E-state index contributed by atoms with van der Waals surface area (Å²) in [6.07, 6.45) is 5.03. The molecule has 25 heavy (non-hydrogen) atoms. The Bertz CT molecular complexity index is 404. The molecule has 2 atom stereocenters. The van der Waals surface area contributed by atoms with Crippen LogP contribution in [0.3, 0.4) is 0 Å². The van der Waals surface area contributed by atoms with Gasteiger partial charge in [-0.2, -0.15) is 11.8 Å². The second kappa shape index (κ2) is 10.6. The Kier molecular flexibility index (Phi) is 8.87. The number of thioether (sulfide) groups is 1. The van der Waals surface area contributed by atoms with E-state index >= 15 is 0 Å². The number of hydrogen-bond acceptors (Lipinski definition) is 4. The molecule has 0 aliphatic carbocycles. The molecule has 0 spiro atoms. The van der Waals surface area contributed by atoms with Crippen LogP contribution in [-0.4, -0.2) is 73.8 Å². The van der Waals surface area contributed by atoms with Crippen LogP contribution in [0.2, 0.25) is 0 Å². The van der Waals surface area contributed by atoms with Gasteiger partial charge in [0.05, 0.1) is 13.2 Å². The van der Waals surface area contributed by atoms with Crippen molar-refractivity contribution >= 4 is 17.7 Å². The van der Waals surface area contributed by atoms with Crippen molar-refractivity contribution in [3.8, 4) is 0 Å². The topological polar surface area (TPSA) is 48.9 Å². The first-order chi connectivity index (χ1) is 12.1. The molecule has 2 saturated heterocycles. The van der Waals surface area contributed by atoms with E-state index in [2.05, 4.69) is 53.1 Å². The van der Waals surface area contributed by atoms with Crippen molar-refractivity contribution in [3.63, 3.8) is 0 Å². The van der Waals surface area contributed by atoms with Crippen molar-refractivity contribution in [1.29, 1.82) is 0 Å². The molecule has 2 unspecified atom stereocenters. The summed E-state index contributed by atoms with van der Waals surface area (Å²) in [5.74, 6) is 4.21. The number of nitrogens with zero attached hydrogens (tertiary/aromatic N) is 2. The molecule has 0 bridgehead atoms. The Morgan fingerprint density at radius 3 is 2.60 bits per heavy atom. The third-order valence-electron chi connectivity index (χ3n) is 5.37. The Morgan fingerprint density at radius 1 is 1.24 bits per heavy atom. The van der Waals surface area contributed by atoms with Gasteiger partial charge in [0.25, 0.3) is 0 Å². The molecule has 2 heterocycles. The summed E-state index contributed by atoms with van der Waals surface area (Å²) in [5.41, 5.74) is 0.257. The zero-order valence-electron chi connectivity index (χ0n) is 16.6. The number of hydrogen-bond donors (Lipinski definition) is 2. The first-order valence-corrected chi connectivity index (χ1v) is 11.1. The fourth-order valence-electron chi connectivity index (χ4n) is 3.72. The van der Waals surface area contributed by atoms with Gasteiger partial charge in [-0.25, -0.2) is 0 Å². The van der Waals surface area contributed by atoms with Gasteiger partial charge in [-0.1, -0.05) is 26.7 Å². The van der Waals surface area contributed by atoms with Gasteiger partial charge in [-0.05, 0) is 31.4 Å². The highest BCUT2D eigenvalue weighted by Crippen LogP contribution is 2.33. The average molecular weight is 371 g/mol. The van der Waals surface area contributed by atoms with Gasteiger partial charge in [-0.3, -0.25) is 9.89 Å². The first-order valence-electron chi connectivity index (χ1n) is 9.93. The number of morpholine rings is 1. The Morgan fingerprint density at radius 2 is 2.00 bits per heavy atom. The molecule has 0 radical (unpaired) electrons. The first kappa shape index (κ1) is 20.8. The molecular weight excluding hydrogens is 332 g/mol. The Labute approximate surface area is 158 Å². The predicted octanol–water partition coefficient (Wildman–Crippen LogP) is 2.57. The lowest BCUT2D eigenvalue weighted by atomic mass is 9.95. The summed E-state index contributed by atoms with van der Waals surface area (Å²) in [6, 6.07) is 0.460. The van der Waals surface area contributed by atoms with E-state index in [4.69, 9.17) is 4.74 Å². The summed E-state index contributed by atoms with van der Waals surface area (Å²) in [5, 5.41) is 7.20. The Balaban J connectivity index is 1.81. The van der Waals surface area contributed by atoms with Crippen molar-refractivity contribution in [1.82, 2.24) is 15.5 Å². The maximum atomic E-state index is 5.55. The monoisotopic (exact) mass is 370 g/mol. The van der Waals surface area contributed by atoms with Crippen LogP contribution >= 0.6 is 11.8 Å². The Hall–Kier alpha value is -0.460. The van der Waals surface area contributed by atoms with Gasteiger partial charge in [0.2, 0.25) is 0 Å². The average Bonchev–Trinajstić information content (AvgIpc) is 3.09. The van der Waals surface area contributed by atoms with Gasteiger partial charge in [0, 0.05) is 44.0 Å². The summed E-state index contributed by atoms with van der Waals surface area (Å²) in [6.45, 7) is 11.7. The van der Waals surface area contributed by atoms with E-state index in [-0.39, 0.29) is 5.54 Å². The lowest BCUT2D eigenvalue weighted by molar-refractivity contribution is -0.0120. The van der Waals surface area contributed by atoms with E-state index in [0.29, 0.717) is 6.04 Å². The fraction of sp³-hybridized carbons (Fsp3) is 0.947. The zero-order valence-corrected chi connectivity index (χ0v) is 17.5. The van der Waals surface area contributed by atoms with E-state index in [1.807, 2.05) is 7.05 Å². The molecule has 0 saturated carbocycles. The highest BCUT2D eigenvalue weighted by molar-refractivity contribution is 7.99. The minimum atomic E-state index is 0.257. The third-order valence-corrected chi connectivity index (χ3v) is 6.61. The molecule has 2 fully saturated rings. The van der Waals surface area contributed by atoms with E-state index in [0.717, 1.165) is 44.7 Å². The normalized spacial score (nSPS) is 26.8. The number of aliphatic imine (C=N–C) groups is 1. The molecule has 0 aromatic carbocycles. The third kappa shape index (κ3) is 6.65. The van der Waals surface area contributed by atoms with Crippen LogP contribution in [0, 0.1) is 5.92 Å². The molecule has 5 nitrogen and oxygen atoms in total.